The first-order valence-electron chi connectivity index (χ1n) is 6.56. The molecule has 2 N–H and O–H groups in total. The molecule has 0 atom stereocenters. The molecule has 1 aromatic carbocycles. The first-order valence-corrected chi connectivity index (χ1v) is 7.38. The minimum absolute atomic E-state index is 0.872. The molecule has 0 amide bonds. The first-order chi connectivity index (χ1) is 9.22. The number of likely N-dealkylation sites (N-methyl/N-ethyl adjacent to an activating group) is 1. The van der Waals surface area contributed by atoms with Gasteiger partial charge in [0.2, 0.25) is 0 Å². The van der Waals surface area contributed by atoms with Crippen LogP contribution in [0.1, 0.15) is 12.0 Å². The lowest BCUT2D eigenvalue weighted by Crippen LogP contribution is -2.23. The van der Waals surface area contributed by atoms with E-state index in [0.29, 0.717) is 0 Å². The Hall–Kier alpha value is -1.58. The number of nitrogen functional groups attached to an aromatic ring is 1. The number of anilines is 1. The second kappa shape index (κ2) is 5.19. The van der Waals surface area contributed by atoms with Crippen LogP contribution in [-0.2, 0) is 0 Å². The summed E-state index contributed by atoms with van der Waals surface area (Å²) in [6.45, 7) is 2.20. The molecule has 98 valence electrons. The highest BCUT2D eigenvalue weighted by Gasteiger charge is 2.09. The van der Waals surface area contributed by atoms with Gasteiger partial charge in [-0.05, 0) is 42.3 Å². The van der Waals surface area contributed by atoms with Gasteiger partial charge in [0.25, 0.3) is 0 Å². The number of hydrogen-bond acceptors (Lipinski definition) is 3. The van der Waals surface area contributed by atoms with Crippen molar-refractivity contribution in [1.82, 2.24) is 4.90 Å². The van der Waals surface area contributed by atoms with Crippen molar-refractivity contribution >= 4 is 21.9 Å². The Morgan fingerprint density at radius 3 is 2.37 bits per heavy atom. The van der Waals surface area contributed by atoms with E-state index in [1.165, 1.54) is 21.6 Å². The van der Waals surface area contributed by atoms with Gasteiger partial charge in [-0.2, -0.15) is 0 Å². The van der Waals surface area contributed by atoms with Crippen LogP contribution in [0.25, 0.3) is 16.0 Å². The molecule has 1 aliphatic heterocycles. The third-order valence-electron chi connectivity index (χ3n) is 3.58. The summed E-state index contributed by atoms with van der Waals surface area (Å²) >= 11 is 1.64. The van der Waals surface area contributed by atoms with Crippen LogP contribution < -0.4 is 5.73 Å². The lowest BCUT2D eigenvalue weighted by molar-refractivity contribution is 0.370. The van der Waals surface area contributed by atoms with Crippen molar-refractivity contribution in [3.05, 3.63) is 48.0 Å². The molecule has 3 rings (SSSR count). The fourth-order valence-electron chi connectivity index (χ4n) is 2.39. The summed E-state index contributed by atoms with van der Waals surface area (Å²) in [5.41, 5.74) is 9.85. The van der Waals surface area contributed by atoms with Crippen molar-refractivity contribution < 1.29 is 0 Å². The van der Waals surface area contributed by atoms with Gasteiger partial charge in [0.1, 0.15) is 0 Å². The summed E-state index contributed by atoms with van der Waals surface area (Å²) < 4.78 is 0. The normalized spacial score (nSPS) is 16.4. The molecule has 0 aliphatic carbocycles. The number of benzene rings is 1. The molecule has 0 saturated heterocycles. The average molecular weight is 270 g/mol. The molecule has 2 nitrogen and oxygen atoms in total. The maximum absolute atomic E-state index is 5.78. The van der Waals surface area contributed by atoms with E-state index in [0.717, 1.165) is 24.5 Å². The zero-order valence-electron chi connectivity index (χ0n) is 11.1. The molecule has 2 aromatic rings. The summed E-state index contributed by atoms with van der Waals surface area (Å²) in [5, 5.41) is 0.872. The molecule has 1 aromatic heterocycles. The predicted octanol–water partition coefficient (Wildman–Crippen LogP) is 3.72. The maximum Gasteiger partial charge on any atom is 0.0862 e. The molecule has 1 aliphatic rings. The molecule has 0 saturated carbocycles. The van der Waals surface area contributed by atoms with Crippen molar-refractivity contribution in [1.29, 1.82) is 0 Å². The smallest absolute Gasteiger partial charge is 0.0862 e. The fraction of sp³-hybridized carbons (Fsp3) is 0.250. The molecule has 0 radical (unpaired) electrons. The van der Waals surface area contributed by atoms with E-state index >= 15 is 0 Å². The van der Waals surface area contributed by atoms with Crippen LogP contribution in [0, 0.1) is 0 Å². The van der Waals surface area contributed by atoms with Gasteiger partial charge in [0, 0.05) is 18.0 Å². The molecule has 2 heterocycles. The Labute approximate surface area is 118 Å². The van der Waals surface area contributed by atoms with Crippen LogP contribution in [0.3, 0.4) is 0 Å². The summed E-state index contributed by atoms with van der Waals surface area (Å²) in [5.74, 6) is 0. The average Bonchev–Trinajstić information content (AvgIpc) is 2.87. The van der Waals surface area contributed by atoms with Crippen molar-refractivity contribution in [3.8, 4) is 10.4 Å². The highest BCUT2D eigenvalue weighted by molar-refractivity contribution is 7.19. The Morgan fingerprint density at radius 1 is 1.05 bits per heavy atom. The van der Waals surface area contributed by atoms with E-state index in [1.807, 2.05) is 6.07 Å². The molecule has 19 heavy (non-hydrogen) atoms. The second-order valence-electron chi connectivity index (χ2n) is 5.02. The van der Waals surface area contributed by atoms with E-state index < -0.39 is 0 Å². The van der Waals surface area contributed by atoms with E-state index in [-0.39, 0.29) is 0 Å². The van der Waals surface area contributed by atoms with Gasteiger partial charge in [-0.1, -0.05) is 30.3 Å². The number of nitrogens with zero attached hydrogens (tertiary/aromatic N) is 1. The number of thiophene rings is 1. The molecule has 0 bridgehead atoms. The Balaban J connectivity index is 1.83. The van der Waals surface area contributed by atoms with E-state index in [4.69, 9.17) is 5.73 Å². The molecule has 0 spiro atoms. The lowest BCUT2D eigenvalue weighted by Gasteiger charge is -2.22. The second-order valence-corrected chi connectivity index (χ2v) is 6.14. The van der Waals surface area contributed by atoms with Gasteiger partial charge >= 0.3 is 0 Å². The zero-order valence-corrected chi connectivity index (χ0v) is 11.9. The number of rotatable bonds is 2. The molecule has 0 fully saturated rings. The largest absolute Gasteiger partial charge is 0.391 e. The van der Waals surface area contributed by atoms with Crippen molar-refractivity contribution in [3.63, 3.8) is 0 Å². The molecule has 3 heteroatoms. The highest BCUT2D eigenvalue weighted by atomic mass is 32.1. The molecule has 0 unspecified atom stereocenters. The molecular formula is C16H18N2S. The Morgan fingerprint density at radius 2 is 1.79 bits per heavy atom. The van der Waals surface area contributed by atoms with E-state index in [1.54, 1.807) is 11.3 Å². The predicted molar refractivity (Wildman–Crippen MR) is 84.3 cm³/mol. The zero-order chi connectivity index (χ0) is 13.2. The van der Waals surface area contributed by atoms with Crippen molar-refractivity contribution in [2.45, 2.75) is 6.42 Å². The summed E-state index contributed by atoms with van der Waals surface area (Å²) in [4.78, 5) is 3.58. The van der Waals surface area contributed by atoms with Crippen molar-refractivity contribution in [2.75, 3.05) is 25.9 Å². The quantitative estimate of drug-likeness (QED) is 0.901. The number of nitrogens with two attached hydrogens (primary N) is 1. The maximum atomic E-state index is 5.78. The van der Waals surface area contributed by atoms with Crippen LogP contribution in [-0.4, -0.2) is 25.0 Å². The van der Waals surface area contributed by atoms with Crippen LogP contribution in [0.4, 0.5) is 5.00 Å². The van der Waals surface area contributed by atoms with Gasteiger partial charge < -0.3 is 10.6 Å². The van der Waals surface area contributed by atoms with E-state index in [9.17, 15) is 0 Å². The third kappa shape index (κ3) is 2.72. The minimum atomic E-state index is 0.872. The van der Waals surface area contributed by atoms with Crippen LogP contribution in [0.2, 0.25) is 0 Å². The van der Waals surface area contributed by atoms with Crippen LogP contribution in [0.15, 0.2) is 42.5 Å². The Bertz CT molecular complexity index is 595. The fourth-order valence-corrected chi connectivity index (χ4v) is 3.17. The monoisotopic (exact) mass is 270 g/mol. The Kier molecular flexibility index (Phi) is 3.40. The third-order valence-corrected chi connectivity index (χ3v) is 4.54. The molecular weight excluding hydrogens is 252 g/mol. The van der Waals surface area contributed by atoms with Gasteiger partial charge in [0.05, 0.1) is 5.00 Å². The van der Waals surface area contributed by atoms with Crippen LogP contribution in [0.5, 0.6) is 0 Å². The lowest BCUT2D eigenvalue weighted by atomic mass is 9.98. The minimum Gasteiger partial charge on any atom is -0.391 e. The first kappa shape index (κ1) is 12.5. The SMILES string of the molecule is CN1CC=C(c2ccc(-c3ccc(N)s3)cc2)CC1. The topological polar surface area (TPSA) is 29.3 Å². The van der Waals surface area contributed by atoms with Crippen molar-refractivity contribution in [2.24, 2.45) is 0 Å². The highest BCUT2D eigenvalue weighted by Crippen LogP contribution is 2.31. The van der Waals surface area contributed by atoms with Gasteiger partial charge in [-0.15, -0.1) is 11.3 Å². The standard InChI is InChI=1S/C16H18N2S/c1-18-10-8-13(9-11-18)12-2-4-14(5-3-12)15-6-7-16(17)19-15/h2-8H,9-11,17H2,1H3. The van der Waals surface area contributed by atoms with Crippen LogP contribution >= 0.6 is 11.3 Å². The summed E-state index contributed by atoms with van der Waals surface area (Å²) in [7, 11) is 2.16. The number of hydrogen-bond donors (Lipinski definition) is 1. The van der Waals surface area contributed by atoms with Gasteiger partial charge in [-0.3, -0.25) is 0 Å². The van der Waals surface area contributed by atoms with Gasteiger partial charge in [-0.25, -0.2) is 0 Å². The van der Waals surface area contributed by atoms with E-state index in [2.05, 4.69) is 48.4 Å². The van der Waals surface area contributed by atoms with Gasteiger partial charge in [0.15, 0.2) is 0 Å². The summed E-state index contributed by atoms with van der Waals surface area (Å²) in [6.07, 6.45) is 3.48. The summed E-state index contributed by atoms with van der Waals surface area (Å²) in [6, 6.07) is 12.9.